The number of rotatable bonds is 3. The molecule has 2 aromatic rings. The first kappa shape index (κ1) is 16.3. The number of amides is 1. The van der Waals surface area contributed by atoms with Crippen molar-refractivity contribution in [2.75, 3.05) is 13.1 Å². The average Bonchev–Trinajstić information content (AvgIpc) is 2.93. The lowest BCUT2D eigenvalue weighted by atomic mass is 9.96. The summed E-state index contributed by atoms with van der Waals surface area (Å²) in [4.78, 5) is 18.7. The molecule has 0 atom stereocenters. The monoisotopic (exact) mass is 351 g/mol. The smallest absolute Gasteiger partial charge is 0.255 e. The first-order valence-electron chi connectivity index (χ1n) is 7.76. The number of likely N-dealkylation sites (tertiary alicyclic amines) is 1. The molecule has 1 fully saturated rings. The molecule has 0 radical (unpaired) electrons. The number of aryl methyl sites for hydroxylation is 1. The molecule has 0 aliphatic carbocycles. The molecule has 1 aliphatic heterocycles. The van der Waals surface area contributed by atoms with Gasteiger partial charge in [0.1, 0.15) is 5.82 Å². The number of halogens is 2. The van der Waals surface area contributed by atoms with Crippen LogP contribution >= 0.6 is 23.2 Å². The summed E-state index contributed by atoms with van der Waals surface area (Å²) in [5.74, 6) is 1.60. The van der Waals surface area contributed by atoms with Crippen molar-refractivity contribution in [3.63, 3.8) is 0 Å². The summed E-state index contributed by atoms with van der Waals surface area (Å²) < 4.78 is 2.18. The van der Waals surface area contributed by atoms with Crippen LogP contribution in [-0.2, 0) is 6.54 Å². The third-order valence-corrected chi connectivity index (χ3v) is 4.99. The Bertz CT molecular complexity index is 706. The van der Waals surface area contributed by atoms with E-state index in [2.05, 4.69) is 9.55 Å². The second kappa shape index (κ2) is 6.93. The van der Waals surface area contributed by atoms with E-state index in [9.17, 15) is 4.79 Å². The van der Waals surface area contributed by atoms with E-state index in [1.54, 1.807) is 18.2 Å². The molecule has 0 saturated carbocycles. The maximum absolute atomic E-state index is 12.6. The number of hydrogen-bond donors (Lipinski definition) is 0. The number of benzene rings is 1. The minimum atomic E-state index is -0.0103. The lowest BCUT2D eigenvalue weighted by Crippen LogP contribution is -2.39. The van der Waals surface area contributed by atoms with Crippen LogP contribution < -0.4 is 0 Å². The molecule has 6 heteroatoms. The quantitative estimate of drug-likeness (QED) is 0.836. The normalized spacial score (nSPS) is 15.9. The van der Waals surface area contributed by atoms with Gasteiger partial charge in [-0.05, 0) is 43.9 Å². The van der Waals surface area contributed by atoms with E-state index in [0.717, 1.165) is 38.3 Å². The Balaban J connectivity index is 1.60. The lowest BCUT2D eigenvalue weighted by molar-refractivity contribution is 0.0683. The SMILES string of the molecule is Cc1nccn1CC1CCN(C(=O)c2ccc(Cl)cc2Cl)CC1. The second-order valence-corrected chi connectivity index (χ2v) is 6.83. The van der Waals surface area contributed by atoms with Crippen LogP contribution in [0.4, 0.5) is 0 Å². The van der Waals surface area contributed by atoms with Crippen molar-refractivity contribution < 1.29 is 4.79 Å². The van der Waals surface area contributed by atoms with Crippen LogP contribution in [-0.4, -0.2) is 33.4 Å². The fraction of sp³-hybridized carbons (Fsp3) is 0.412. The highest BCUT2D eigenvalue weighted by atomic mass is 35.5. The Morgan fingerprint density at radius 3 is 2.65 bits per heavy atom. The topological polar surface area (TPSA) is 38.1 Å². The van der Waals surface area contributed by atoms with Gasteiger partial charge in [-0.2, -0.15) is 0 Å². The highest BCUT2D eigenvalue weighted by molar-refractivity contribution is 6.36. The van der Waals surface area contributed by atoms with Crippen LogP contribution in [0.2, 0.25) is 10.0 Å². The maximum atomic E-state index is 12.6. The van der Waals surface area contributed by atoms with Crippen molar-refractivity contribution in [2.24, 2.45) is 5.92 Å². The van der Waals surface area contributed by atoms with Crippen LogP contribution in [0.1, 0.15) is 29.0 Å². The first-order valence-corrected chi connectivity index (χ1v) is 8.52. The van der Waals surface area contributed by atoms with Gasteiger partial charge in [0.2, 0.25) is 0 Å². The second-order valence-electron chi connectivity index (χ2n) is 5.99. The van der Waals surface area contributed by atoms with Crippen molar-refractivity contribution in [1.82, 2.24) is 14.5 Å². The predicted molar refractivity (Wildman–Crippen MR) is 92.1 cm³/mol. The van der Waals surface area contributed by atoms with E-state index in [1.165, 1.54) is 0 Å². The lowest BCUT2D eigenvalue weighted by Gasteiger charge is -2.32. The summed E-state index contributed by atoms with van der Waals surface area (Å²) in [5.41, 5.74) is 0.528. The molecule has 122 valence electrons. The van der Waals surface area contributed by atoms with Gasteiger partial charge in [0.05, 0.1) is 10.6 Å². The van der Waals surface area contributed by atoms with Crippen molar-refractivity contribution in [2.45, 2.75) is 26.3 Å². The van der Waals surface area contributed by atoms with E-state index in [0.29, 0.717) is 21.5 Å². The fourth-order valence-electron chi connectivity index (χ4n) is 3.03. The molecule has 0 unspecified atom stereocenters. The van der Waals surface area contributed by atoms with Crippen molar-refractivity contribution >= 4 is 29.1 Å². The number of piperidine rings is 1. The Hall–Kier alpha value is -1.52. The van der Waals surface area contributed by atoms with Crippen molar-refractivity contribution in [3.05, 3.63) is 52.0 Å². The first-order chi connectivity index (χ1) is 11.0. The van der Waals surface area contributed by atoms with Gasteiger partial charge >= 0.3 is 0 Å². The highest BCUT2D eigenvalue weighted by Crippen LogP contribution is 2.25. The van der Waals surface area contributed by atoms with Gasteiger partial charge in [-0.15, -0.1) is 0 Å². The molecule has 1 saturated heterocycles. The molecule has 0 bridgehead atoms. The largest absolute Gasteiger partial charge is 0.339 e. The van der Waals surface area contributed by atoms with Gasteiger partial charge in [0.25, 0.3) is 5.91 Å². The number of nitrogens with zero attached hydrogens (tertiary/aromatic N) is 3. The minimum Gasteiger partial charge on any atom is -0.339 e. The fourth-order valence-corrected chi connectivity index (χ4v) is 3.52. The molecule has 0 spiro atoms. The van der Waals surface area contributed by atoms with E-state index in [4.69, 9.17) is 23.2 Å². The van der Waals surface area contributed by atoms with E-state index in [1.807, 2.05) is 24.2 Å². The van der Waals surface area contributed by atoms with Gasteiger partial charge in [-0.25, -0.2) is 4.98 Å². The molecule has 1 aromatic heterocycles. The number of imidazole rings is 1. The molecule has 1 aliphatic rings. The van der Waals surface area contributed by atoms with Crippen LogP contribution in [0.25, 0.3) is 0 Å². The number of aromatic nitrogens is 2. The van der Waals surface area contributed by atoms with Crippen LogP contribution in [0, 0.1) is 12.8 Å². The van der Waals surface area contributed by atoms with Crippen LogP contribution in [0.5, 0.6) is 0 Å². The summed E-state index contributed by atoms with van der Waals surface area (Å²) in [6.07, 6.45) is 5.83. The molecule has 1 amide bonds. The number of carbonyl (C=O) groups is 1. The Kier molecular flexibility index (Phi) is 4.93. The molecule has 1 aromatic carbocycles. The zero-order valence-electron chi connectivity index (χ0n) is 13.0. The van der Waals surface area contributed by atoms with Crippen LogP contribution in [0.3, 0.4) is 0 Å². The number of carbonyl (C=O) groups excluding carboxylic acids is 1. The van der Waals surface area contributed by atoms with Crippen molar-refractivity contribution in [3.8, 4) is 0 Å². The van der Waals surface area contributed by atoms with Crippen molar-refractivity contribution in [1.29, 1.82) is 0 Å². The highest BCUT2D eigenvalue weighted by Gasteiger charge is 2.25. The summed E-state index contributed by atoms with van der Waals surface area (Å²) in [5, 5.41) is 0.958. The summed E-state index contributed by atoms with van der Waals surface area (Å²) in [6, 6.07) is 5.02. The maximum Gasteiger partial charge on any atom is 0.255 e. The zero-order valence-corrected chi connectivity index (χ0v) is 14.5. The third kappa shape index (κ3) is 3.70. The Morgan fingerprint density at radius 2 is 2.04 bits per heavy atom. The van der Waals surface area contributed by atoms with E-state index < -0.39 is 0 Å². The molecular weight excluding hydrogens is 333 g/mol. The third-order valence-electron chi connectivity index (χ3n) is 4.44. The number of hydrogen-bond acceptors (Lipinski definition) is 2. The summed E-state index contributed by atoms with van der Waals surface area (Å²) in [6.45, 7) is 4.50. The van der Waals surface area contributed by atoms with Gasteiger partial charge in [0.15, 0.2) is 0 Å². The van der Waals surface area contributed by atoms with Gasteiger partial charge in [-0.1, -0.05) is 23.2 Å². The molecular formula is C17H19Cl2N3O. The minimum absolute atomic E-state index is 0.0103. The van der Waals surface area contributed by atoms with Gasteiger partial charge in [0, 0.05) is 37.1 Å². The molecule has 3 rings (SSSR count). The van der Waals surface area contributed by atoms with Gasteiger partial charge in [-0.3, -0.25) is 4.79 Å². The Labute approximate surface area is 146 Å². The average molecular weight is 352 g/mol. The summed E-state index contributed by atoms with van der Waals surface area (Å²) >= 11 is 12.0. The Morgan fingerprint density at radius 1 is 1.30 bits per heavy atom. The standard InChI is InChI=1S/C17H19Cl2N3O/c1-12-20-6-9-22(12)11-13-4-7-21(8-5-13)17(23)15-3-2-14(18)10-16(15)19/h2-3,6,9-10,13H,4-5,7-8,11H2,1H3. The van der Waals surface area contributed by atoms with Crippen LogP contribution in [0.15, 0.2) is 30.6 Å². The molecule has 4 nitrogen and oxygen atoms in total. The predicted octanol–water partition coefficient (Wildman–Crippen LogP) is 4.05. The van der Waals surface area contributed by atoms with E-state index >= 15 is 0 Å². The molecule has 2 heterocycles. The molecule has 0 N–H and O–H groups in total. The van der Waals surface area contributed by atoms with Gasteiger partial charge < -0.3 is 9.47 Å². The van der Waals surface area contributed by atoms with E-state index in [-0.39, 0.29) is 5.91 Å². The summed E-state index contributed by atoms with van der Waals surface area (Å²) in [7, 11) is 0. The molecule has 23 heavy (non-hydrogen) atoms. The zero-order chi connectivity index (χ0) is 16.4.